The van der Waals surface area contributed by atoms with Gasteiger partial charge in [0.25, 0.3) is 0 Å². The summed E-state index contributed by atoms with van der Waals surface area (Å²) in [5.41, 5.74) is 1.18. The molecule has 0 bridgehead atoms. The van der Waals surface area contributed by atoms with Crippen molar-refractivity contribution in [2.24, 2.45) is 4.99 Å². The second kappa shape index (κ2) is 11.1. The summed E-state index contributed by atoms with van der Waals surface area (Å²) >= 11 is 0. The maximum atomic E-state index is 12.1. The van der Waals surface area contributed by atoms with E-state index in [-0.39, 0.29) is 35.4 Å². The van der Waals surface area contributed by atoms with Crippen molar-refractivity contribution in [1.82, 2.24) is 14.9 Å². The van der Waals surface area contributed by atoms with Crippen molar-refractivity contribution < 1.29 is 8.42 Å². The molecule has 6 nitrogen and oxygen atoms in total. The fraction of sp³-hybridized carbons (Fsp3) is 0.278. The van der Waals surface area contributed by atoms with E-state index in [1.165, 1.54) is 5.56 Å². The molecule has 0 aliphatic carbocycles. The summed E-state index contributed by atoms with van der Waals surface area (Å²) in [6.07, 6.45) is 0. The van der Waals surface area contributed by atoms with E-state index in [0.29, 0.717) is 12.5 Å². The molecule has 2 N–H and O–H groups in total. The quantitative estimate of drug-likeness (QED) is 0.272. The molecule has 0 heterocycles. The van der Waals surface area contributed by atoms with Crippen LogP contribution in [0.3, 0.4) is 0 Å². The number of rotatable bonds is 7. The van der Waals surface area contributed by atoms with Crippen molar-refractivity contribution in [1.29, 1.82) is 0 Å². The van der Waals surface area contributed by atoms with E-state index >= 15 is 0 Å². The van der Waals surface area contributed by atoms with Crippen molar-refractivity contribution >= 4 is 40.0 Å². The minimum atomic E-state index is -3.48. The molecule has 0 aliphatic rings. The van der Waals surface area contributed by atoms with Crippen LogP contribution in [0.15, 0.2) is 70.6 Å². The zero-order chi connectivity index (χ0) is 18.1. The molecular weight excluding hydrogens is 463 g/mol. The van der Waals surface area contributed by atoms with Gasteiger partial charge >= 0.3 is 0 Å². The Balaban J connectivity index is 0.00000338. The maximum Gasteiger partial charge on any atom is 0.240 e. The Kier molecular flexibility index (Phi) is 9.60. The predicted molar refractivity (Wildman–Crippen MR) is 116 cm³/mol. The number of benzene rings is 2. The second-order valence-corrected chi connectivity index (χ2v) is 7.29. The third-order valence-corrected chi connectivity index (χ3v) is 5.07. The monoisotopic (exact) mass is 488 g/mol. The summed E-state index contributed by atoms with van der Waals surface area (Å²) in [4.78, 5) is 6.48. The molecule has 0 fully saturated rings. The summed E-state index contributed by atoms with van der Waals surface area (Å²) in [6, 6.07) is 18.4. The Morgan fingerprint density at radius 3 is 2.15 bits per heavy atom. The van der Waals surface area contributed by atoms with Gasteiger partial charge in [0.05, 0.1) is 4.90 Å². The Bertz CT molecular complexity index is 783. The molecular formula is C18H25IN4O2S. The first-order chi connectivity index (χ1) is 12.0. The Labute approximate surface area is 172 Å². The molecule has 0 saturated heterocycles. The van der Waals surface area contributed by atoms with Gasteiger partial charge in [0, 0.05) is 33.7 Å². The van der Waals surface area contributed by atoms with Gasteiger partial charge in [-0.1, -0.05) is 48.5 Å². The van der Waals surface area contributed by atoms with Crippen molar-refractivity contribution in [3.05, 3.63) is 66.2 Å². The van der Waals surface area contributed by atoms with E-state index in [1.807, 2.05) is 30.1 Å². The van der Waals surface area contributed by atoms with E-state index in [9.17, 15) is 8.42 Å². The number of nitrogens with zero attached hydrogens (tertiary/aromatic N) is 2. The molecule has 0 aromatic heterocycles. The highest BCUT2D eigenvalue weighted by Crippen LogP contribution is 2.06. The van der Waals surface area contributed by atoms with Crippen LogP contribution >= 0.6 is 24.0 Å². The van der Waals surface area contributed by atoms with Gasteiger partial charge in [-0.15, -0.1) is 24.0 Å². The van der Waals surface area contributed by atoms with Crippen LogP contribution in [0.4, 0.5) is 0 Å². The molecule has 26 heavy (non-hydrogen) atoms. The number of aliphatic imine (C=N–C) groups is 1. The summed E-state index contributed by atoms with van der Waals surface area (Å²) in [5.74, 6) is 0.711. The highest BCUT2D eigenvalue weighted by atomic mass is 127. The van der Waals surface area contributed by atoms with Crippen LogP contribution in [-0.4, -0.2) is 46.5 Å². The molecule has 2 aromatic carbocycles. The van der Waals surface area contributed by atoms with Gasteiger partial charge in [0.1, 0.15) is 0 Å². The number of halogens is 1. The zero-order valence-electron chi connectivity index (χ0n) is 14.9. The average molecular weight is 488 g/mol. The minimum Gasteiger partial charge on any atom is -0.355 e. The first-order valence-electron chi connectivity index (χ1n) is 8.03. The van der Waals surface area contributed by atoms with Crippen LogP contribution in [0, 0.1) is 0 Å². The van der Waals surface area contributed by atoms with Crippen LogP contribution < -0.4 is 10.0 Å². The lowest BCUT2D eigenvalue weighted by Gasteiger charge is -2.22. The Morgan fingerprint density at radius 2 is 1.58 bits per heavy atom. The fourth-order valence-electron chi connectivity index (χ4n) is 2.36. The lowest BCUT2D eigenvalue weighted by Crippen LogP contribution is -2.42. The summed E-state index contributed by atoms with van der Waals surface area (Å²) in [6.45, 7) is 1.43. The summed E-state index contributed by atoms with van der Waals surface area (Å²) in [7, 11) is 0.170. The molecule has 2 aromatic rings. The zero-order valence-corrected chi connectivity index (χ0v) is 18.1. The molecule has 0 amide bonds. The number of sulfonamides is 1. The SMILES string of the molecule is CN=C(NCCNS(=O)(=O)c1ccccc1)N(C)Cc1ccccc1.I. The van der Waals surface area contributed by atoms with E-state index in [2.05, 4.69) is 27.2 Å². The fourth-order valence-corrected chi connectivity index (χ4v) is 3.41. The van der Waals surface area contributed by atoms with Crippen LogP contribution in [0.1, 0.15) is 5.56 Å². The van der Waals surface area contributed by atoms with E-state index in [1.54, 1.807) is 37.4 Å². The van der Waals surface area contributed by atoms with E-state index in [4.69, 9.17) is 0 Å². The van der Waals surface area contributed by atoms with Gasteiger partial charge in [-0.25, -0.2) is 13.1 Å². The molecule has 2 rings (SSSR count). The van der Waals surface area contributed by atoms with Gasteiger partial charge in [-0.3, -0.25) is 4.99 Å². The minimum absolute atomic E-state index is 0. The Morgan fingerprint density at radius 1 is 1.00 bits per heavy atom. The first kappa shape index (κ1) is 22.4. The van der Waals surface area contributed by atoms with Crippen molar-refractivity contribution in [2.45, 2.75) is 11.4 Å². The molecule has 0 aliphatic heterocycles. The number of hydrogen-bond donors (Lipinski definition) is 2. The third kappa shape index (κ3) is 6.93. The molecule has 0 radical (unpaired) electrons. The van der Waals surface area contributed by atoms with Crippen LogP contribution in [0.5, 0.6) is 0 Å². The largest absolute Gasteiger partial charge is 0.355 e. The van der Waals surface area contributed by atoms with E-state index in [0.717, 1.165) is 6.54 Å². The number of hydrogen-bond acceptors (Lipinski definition) is 3. The van der Waals surface area contributed by atoms with Crippen molar-refractivity contribution in [3.63, 3.8) is 0 Å². The topological polar surface area (TPSA) is 73.8 Å². The average Bonchev–Trinajstić information content (AvgIpc) is 2.63. The van der Waals surface area contributed by atoms with Crippen molar-refractivity contribution in [2.75, 3.05) is 27.2 Å². The number of guanidine groups is 1. The van der Waals surface area contributed by atoms with Crippen LogP contribution in [0.2, 0.25) is 0 Å². The maximum absolute atomic E-state index is 12.1. The molecule has 142 valence electrons. The molecule has 8 heteroatoms. The van der Waals surface area contributed by atoms with Crippen molar-refractivity contribution in [3.8, 4) is 0 Å². The van der Waals surface area contributed by atoms with Crippen LogP contribution in [0.25, 0.3) is 0 Å². The normalized spacial score (nSPS) is 11.5. The highest BCUT2D eigenvalue weighted by Gasteiger charge is 2.12. The highest BCUT2D eigenvalue weighted by molar-refractivity contribution is 14.0. The molecule has 0 atom stereocenters. The summed E-state index contributed by atoms with van der Waals surface area (Å²) < 4.78 is 26.9. The van der Waals surface area contributed by atoms with Gasteiger partial charge in [-0.05, 0) is 17.7 Å². The van der Waals surface area contributed by atoms with Crippen LogP contribution in [-0.2, 0) is 16.6 Å². The second-order valence-electron chi connectivity index (χ2n) is 5.53. The summed E-state index contributed by atoms with van der Waals surface area (Å²) in [5, 5.41) is 3.16. The molecule has 0 saturated carbocycles. The van der Waals surface area contributed by atoms with Gasteiger partial charge in [-0.2, -0.15) is 0 Å². The predicted octanol–water partition coefficient (Wildman–Crippen LogP) is 2.29. The Hall–Kier alpha value is -1.65. The molecule has 0 unspecified atom stereocenters. The van der Waals surface area contributed by atoms with Gasteiger partial charge in [0.2, 0.25) is 10.0 Å². The smallest absolute Gasteiger partial charge is 0.240 e. The lowest BCUT2D eigenvalue weighted by atomic mass is 10.2. The van der Waals surface area contributed by atoms with Gasteiger partial charge in [0.15, 0.2) is 5.96 Å². The standard InChI is InChI=1S/C18H24N4O2S.HI/c1-19-18(22(2)15-16-9-5-3-6-10-16)20-13-14-21-25(23,24)17-11-7-4-8-12-17;/h3-12,21H,13-15H2,1-2H3,(H,19,20);1H. The lowest BCUT2D eigenvalue weighted by molar-refractivity contribution is 0.477. The number of nitrogens with one attached hydrogen (secondary N) is 2. The third-order valence-electron chi connectivity index (χ3n) is 3.59. The molecule has 0 spiro atoms. The van der Waals surface area contributed by atoms with E-state index < -0.39 is 10.0 Å². The first-order valence-corrected chi connectivity index (χ1v) is 9.51. The van der Waals surface area contributed by atoms with Gasteiger partial charge < -0.3 is 10.2 Å².